The minimum atomic E-state index is -2.33. The zero-order valence-electron chi connectivity index (χ0n) is 10.8. The Bertz CT molecular complexity index is 518. The fraction of sp³-hybridized carbons (Fsp3) is 0.429. The largest absolute Gasteiger partial charge is 0.479 e. The number of hydrogen-bond donors (Lipinski definition) is 1. The van der Waals surface area contributed by atoms with Gasteiger partial charge in [-0.15, -0.1) is 0 Å². The van der Waals surface area contributed by atoms with Crippen LogP contribution in [0.15, 0.2) is 24.3 Å². The van der Waals surface area contributed by atoms with Gasteiger partial charge >= 0.3 is 5.97 Å². The molecule has 0 radical (unpaired) electrons. The highest BCUT2D eigenvalue weighted by Crippen LogP contribution is 2.26. The number of amides is 1. The van der Waals surface area contributed by atoms with Gasteiger partial charge in [0.1, 0.15) is 5.82 Å². The number of carboxylic acids is 1. The first-order valence-electron chi connectivity index (χ1n) is 6.35. The topological polar surface area (TPSA) is 57.6 Å². The van der Waals surface area contributed by atoms with Crippen LogP contribution in [0.2, 0.25) is 0 Å². The maximum absolute atomic E-state index is 13.8. The molecule has 0 aliphatic carbocycles. The van der Waals surface area contributed by atoms with Crippen LogP contribution in [0.3, 0.4) is 0 Å². The molecular formula is C14H15F2NO3. The molecule has 1 atom stereocenters. The van der Waals surface area contributed by atoms with Crippen molar-refractivity contribution in [2.75, 3.05) is 13.1 Å². The lowest BCUT2D eigenvalue weighted by molar-refractivity contribution is -0.150. The van der Waals surface area contributed by atoms with E-state index < -0.39 is 18.2 Å². The number of carbonyl (C=O) groups is 2. The Labute approximate surface area is 115 Å². The van der Waals surface area contributed by atoms with E-state index in [4.69, 9.17) is 5.11 Å². The monoisotopic (exact) mass is 283 g/mol. The first-order chi connectivity index (χ1) is 9.40. The van der Waals surface area contributed by atoms with Crippen molar-refractivity contribution in [3.8, 4) is 0 Å². The van der Waals surface area contributed by atoms with Gasteiger partial charge in [0.2, 0.25) is 11.6 Å². The lowest BCUT2D eigenvalue weighted by Crippen LogP contribution is -2.38. The predicted molar refractivity (Wildman–Crippen MR) is 67.4 cm³/mol. The standard InChI is InChI=1S/C14H15F2NO3/c15-11-4-1-10(2-5-11)3-6-12(18)17-8-7-14(16,9-17)13(19)20/h1-2,4-5H,3,6-9H2,(H,19,20). The molecule has 1 amide bonds. The van der Waals surface area contributed by atoms with Gasteiger partial charge in [0.15, 0.2) is 0 Å². The van der Waals surface area contributed by atoms with Crippen molar-refractivity contribution in [2.45, 2.75) is 24.9 Å². The van der Waals surface area contributed by atoms with E-state index in [2.05, 4.69) is 0 Å². The minimum Gasteiger partial charge on any atom is -0.479 e. The average Bonchev–Trinajstić information content (AvgIpc) is 2.82. The number of aryl methyl sites for hydroxylation is 1. The van der Waals surface area contributed by atoms with E-state index in [1.165, 1.54) is 17.0 Å². The number of aliphatic carboxylic acids is 1. The smallest absolute Gasteiger partial charge is 0.343 e. The number of carbonyl (C=O) groups excluding carboxylic acids is 1. The molecule has 108 valence electrons. The molecule has 0 spiro atoms. The third-order valence-electron chi connectivity index (χ3n) is 3.50. The molecule has 1 fully saturated rings. The Kier molecular flexibility index (Phi) is 4.01. The predicted octanol–water partition coefficient (Wildman–Crippen LogP) is 1.78. The van der Waals surface area contributed by atoms with Crippen LogP contribution < -0.4 is 0 Å². The summed E-state index contributed by atoms with van der Waals surface area (Å²) in [5.41, 5.74) is -1.52. The summed E-state index contributed by atoms with van der Waals surface area (Å²) in [6, 6.07) is 5.80. The van der Waals surface area contributed by atoms with Crippen LogP contribution in [0.1, 0.15) is 18.4 Å². The number of halogens is 2. The third kappa shape index (κ3) is 3.12. The van der Waals surface area contributed by atoms with Gasteiger partial charge in [-0.1, -0.05) is 12.1 Å². The second-order valence-electron chi connectivity index (χ2n) is 4.96. The molecule has 1 aromatic rings. The zero-order valence-corrected chi connectivity index (χ0v) is 10.8. The summed E-state index contributed by atoms with van der Waals surface area (Å²) in [5.74, 6) is -2.15. The Hall–Kier alpha value is -1.98. The van der Waals surface area contributed by atoms with Gasteiger partial charge in [-0.3, -0.25) is 4.79 Å². The molecule has 2 rings (SSSR count). The molecule has 1 N–H and O–H groups in total. The van der Waals surface area contributed by atoms with Gasteiger partial charge in [0.05, 0.1) is 6.54 Å². The first-order valence-corrected chi connectivity index (χ1v) is 6.35. The molecule has 1 saturated heterocycles. The van der Waals surface area contributed by atoms with Gasteiger partial charge in [0.25, 0.3) is 0 Å². The Morgan fingerprint density at radius 3 is 2.50 bits per heavy atom. The number of nitrogens with zero attached hydrogens (tertiary/aromatic N) is 1. The van der Waals surface area contributed by atoms with Crippen LogP contribution in [0.25, 0.3) is 0 Å². The molecule has 20 heavy (non-hydrogen) atoms. The Morgan fingerprint density at radius 1 is 1.30 bits per heavy atom. The number of alkyl halides is 1. The lowest BCUT2D eigenvalue weighted by atomic mass is 10.1. The maximum Gasteiger partial charge on any atom is 0.343 e. The van der Waals surface area contributed by atoms with Crippen LogP contribution in [-0.2, 0) is 16.0 Å². The van der Waals surface area contributed by atoms with Crippen molar-refractivity contribution in [1.29, 1.82) is 0 Å². The van der Waals surface area contributed by atoms with E-state index >= 15 is 0 Å². The van der Waals surface area contributed by atoms with Gasteiger partial charge in [-0.2, -0.15) is 0 Å². The molecule has 1 unspecified atom stereocenters. The zero-order chi connectivity index (χ0) is 14.8. The van der Waals surface area contributed by atoms with E-state index in [1.807, 2.05) is 0 Å². The molecule has 4 nitrogen and oxygen atoms in total. The van der Waals surface area contributed by atoms with Gasteiger partial charge in [0, 0.05) is 19.4 Å². The molecule has 1 aromatic carbocycles. The van der Waals surface area contributed by atoms with Crippen LogP contribution in [-0.4, -0.2) is 40.6 Å². The van der Waals surface area contributed by atoms with Crippen LogP contribution in [0.4, 0.5) is 8.78 Å². The normalized spacial score (nSPS) is 22.0. The highest BCUT2D eigenvalue weighted by Gasteiger charge is 2.46. The van der Waals surface area contributed by atoms with Gasteiger partial charge < -0.3 is 10.0 Å². The van der Waals surface area contributed by atoms with Crippen molar-refractivity contribution < 1.29 is 23.5 Å². The van der Waals surface area contributed by atoms with E-state index in [1.54, 1.807) is 12.1 Å². The molecule has 0 saturated carbocycles. The highest BCUT2D eigenvalue weighted by molar-refractivity contribution is 5.82. The van der Waals surface area contributed by atoms with Crippen LogP contribution in [0.5, 0.6) is 0 Å². The SMILES string of the molecule is O=C(CCc1ccc(F)cc1)N1CCC(F)(C(=O)O)C1. The molecule has 1 heterocycles. The van der Waals surface area contributed by atoms with Gasteiger partial charge in [-0.05, 0) is 24.1 Å². The van der Waals surface area contributed by atoms with Gasteiger partial charge in [-0.25, -0.2) is 13.6 Å². The highest BCUT2D eigenvalue weighted by atomic mass is 19.1. The molecule has 6 heteroatoms. The van der Waals surface area contributed by atoms with Crippen molar-refractivity contribution in [1.82, 2.24) is 4.90 Å². The summed E-state index contributed by atoms with van der Waals surface area (Å²) < 4.78 is 26.5. The molecule has 0 aromatic heterocycles. The molecule has 1 aliphatic rings. The lowest BCUT2D eigenvalue weighted by Gasteiger charge is -2.17. The van der Waals surface area contributed by atoms with E-state index in [-0.39, 0.29) is 31.1 Å². The quantitative estimate of drug-likeness (QED) is 0.916. The van der Waals surface area contributed by atoms with E-state index in [0.29, 0.717) is 6.42 Å². The second-order valence-corrected chi connectivity index (χ2v) is 4.96. The van der Waals surface area contributed by atoms with Crippen LogP contribution in [0, 0.1) is 5.82 Å². The molecule has 0 bridgehead atoms. The van der Waals surface area contributed by atoms with Crippen molar-refractivity contribution >= 4 is 11.9 Å². The van der Waals surface area contributed by atoms with Crippen molar-refractivity contribution in [2.24, 2.45) is 0 Å². The Morgan fingerprint density at radius 2 is 1.95 bits per heavy atom. The number of carboxylic acid groups (broad SMARTS) is 1. The first kappa shape index (κ1) is 14.4. The van der Waals surface area contributed by atoms with E-state index in [0.717, 1.165) is 5.56 Å². The fourth-order valence-corrected chi connectivity index (χ4v) is 2.22. The number of likely N-dealkylation sites (tertiary alicyclic amines) is 1. The van der Waals surface area contributed by atoms with Crippen molar-refractivity contribution in [3.05, 3.63) is 35.6 Å². The number of hydrogen-bond acceptors (Lipinski definition) is 2. The summed E-state index contributed by atoms with van der Waals surface area (Å²) in [4.78, 5) is 23.9. The van der Waals surface area contributed by atoms with E-state index in [9.17, 15) is 18.4 Å². The summed E-state index contributed by atoms with van der Waals surface area (Å²) in [6.07, 6.45) is 0.397. The Balaban J connectivity index is 1.87. The summed E-state index contributed by atoms with van der Waals surface area (Å²) in [5, 5.41) is 8.76. The van der Waals surface area contributed by atoms with Crippen molar-refractivity contribution in [3.63, 3.8) is 0 Å². The molecule has 1 aliphatic heterocycles. The summed E-state index contributed by atoms with van der Waals surface area (Å²) >= 11 is 0. The average molecular weight is 283 g/mol. The fourth-order valence-electron chi connectivity index (χ4n) is 2.22. The summed E-state index contributed by atoms with van der Waals surface area (Å²) in [7, 11) is 0. The maximum atomic E-state index is 13.8. The van der Waals surface area contributed by atoms with Crippen LogP contribution >= 0.6 is 0 Å². The third-order valence-corrected chi connectivity index (χ3v) is 3.50. The number of benzene rings is 1. The minimum absolute atomic E-state index is 0.116. The molecular weight excluding hydrogens is 268 g/mol. The second kappa shape index (κ2) is 5.56. The summed E-state index contributed by atoms with van der Waals surface area (Å²) in [6.45, 7) is -0.282. The number of rotatable bonds is 4.